The Balaban J connectivity index is 1.48. The molecule has 12 nitrogen and oxygen atoms in total. The van der Waals surface area contributed by atoms with E-state index in [1.807, 2.05) is 35.9 Å². The molecule has 2 amide bonds. The Morgan fingerprint density at radius 3 is 2.47 bits per heavy atom. The third-order valence-corrected chi connectivity index (χ3v) is 7.52. The lowest BCUT2D eigenvalue weighted by Crippen LogP contribution is -2.42. The number of morpholine rings is 1. The van der Waals surface area contributed by atoms with Gasteiger partial charge in [0.05, 0.1) is 24.2 Å². The van der Waals surface area contributed by atoms with Crippen molar-refractivity contribution in [3.8, 4) is 5.95 Å². The lowest BCUT2D eigenvalue weighted by Gasteiger charge is -2.30. The normalized spacial score (nSPS) is 17.0. The van der Waals surface area contributed by atoms with Gasteiger partial charge in [-0.3, -0.25) is 14.2 Å². The van der Waals surface area contributed by atoms with E-state index >= 15 is 0 Å². The number of carbonyl (C=O) groups excluding carboxylic acids is 2. The van der Waals surface area contributed by atoms with E-state index in [0.717, 1.165) is 16.9 Å². The van der Waals surface area contributed by atoms with E-state index in [-0.39, 0.29) is 17.7 Å². The van der Waals surface area contributed by atoms with Crippen LogP contribution in [-0.2, 0) is 23.0 Å². The highest BCUT2D eigenvalue weighted by molar-refractivity contribution is 5.97. The highest BCUT2D eigenvalue weighted by atomic mass is 16.5. The number of carbonyl (C=O) groups is 2. The lowest BCUT2D eigenvalue weighted by atomic mass is 9.96. The summed E-state index contributed by atoms with van der Waals surface area (Å²) in [6, 6.07) is 7.93. The number of rotatable bonds is 5. The monoisotopic (exact) mass is 517 g/mol. The number of benzene rings is 1. The molecule has 198 valence electrons. The molecule has 2 N–H and O–H groups in total. The summed E-state index contributed by atoms with van der Waals surface area (Å²) in [4.78, 5) is 48.6. The summed E-state index contributed by atoms with van der Waals surface area (Å²) >= 11 is 0. The van der Waals surface area contributed by atoms with Gasteiger partial charge in [0.15, 0.2) is 17.0 Å². The minimum Gasteiger partial charge on any atom is -0.378 e. The Labute approximate surface area is 219 Å². The topological polar surface area (TPSA) is 137 Å². The van der Waals surface area contributed by atoms with Gasteiger partial charge in [-0.25, -0.2) is 9.97 Å². The Hall–Kier alpha value is -4.06. The number of hydrogen-bond acceptors (Lipinski definition) is 8. The molecule has 4 aromatic rings. The summed E-state index contributed by atoms with van der Waals surface area (Å²) in [6.07, 6.45) is 1.82. The van der Waals surface area contributed by atoms with Crippen molar-refractivity contribution in [1.82, 2.24) is 34.0 Å². The van der Waals surface area contributed by atoms with Crippen molar-refractivity contribution in [3.63, 3.8) is 0 Å². The molecule has 0 unspecified atom stereocenters. The first-order valence-corrected chi connectivity index (χ1v) is 13.1. The fourth-order valence-corrected chi connectivity index (χ4v) is 5.37. The van der Waals surface area contributed by atoms with Crippen LogP contribution in [0.1, 0.15) is 36.2 Å². The van der Waals surface area contributed by atoms with Gasteiger partial charge in [0.2, 0.25) is 17.7 Å². The summed E-state index contributed by atoms with van der Waals surface area (Å²) in [5.41, 5.74) is 8.43. The van der Waals surface area contributed by atoms with Gasteiger partial charge in [0, 0.05) is 45.6 Å². The molecular weight excluding hydrogens is 486 g/mol. The molecule has 0 bridgehead atoms. The van der Waals surface area contributed by atoms with Crippen LogP contribution < -0.4 is 10.6 Å². The molecule has 2 aliphatic heterocycles. The quantitative estimate of drug-likeness (QED) is 0.420. The Kier molecular flexibility index (Phi) is 6.18. The van der Waals surface area contributed by atoms with Gasteiger partial charge in [-0.1, -0.05) is 19.1 Å². The largest absolute Gasteiger partial charge is 0.378 e. The van der Waals surface area contributed by atoms with Gasteiger partial charge in [-0.15, -0.1) is 0 Å². The fraction of sp³-hybridized carbons (Fsp3) is 0.462. The minimum atomic E-state index is -0.309. The smallest absolute Gasteiger partial charge is 0.289 e. The molecular formula is C26H31N9O3. The van der Waals surface area contributed by atoms with Crippen LogP contribution in [0.2, 0.25) is 0 Å². The van der Waals surface area contributed by atoms with Crippen LogP contribution in [0.4, 0.5) is 5.82 Å². The van der Waals surface area contributed by atoms with Gasteiger partial charge in [-0.05, 0) is 25.0 Å². The maximum Gasteiger partial charge on any atom is 0.289 e. The van der Waals surface area contributed by atoms with Crippen LogP contribution in [0.15, 0.2) is 24.3 Å². The maximum atomic E-state index is 13.6. The number of anilines is 1. The SMILES string of the molecule is CCc1nc2ccccc2n1-c1nc(N2CCOCC2)c2nc(C(=O)N3CCC(C(N)=O)CC3)n(C)c2n1. The first kappa shape index (κ1) is 24.3. The number of fused-ring (bicyclic) bond motifs is 2. The Morgan fingerprint density at radius 1 is 1.03 bits per heavy atom. The molecule has 0 aliphatic carbocycles. The van der Waals surface area contributed by atoms with E-state index in [9.17, 15) is 9.59 Å². The summed E-state index contributed by atoms with van der Waals surface area (Å²) in [7, 11) is 1.81. The maximum absolute atomic E-state index is 13.6. The summed E-state index contributed by atoms with van der Waals surface area (Å²) < 4.78 is 9.32. The number of amides is 2. The number of imidazole rings is 2. The Morgan fingerprint density at radius 2 is 1.76 bits per heavy atom. The number of para-hydroxylation sites is 2. The van der Waals surface area contributed by atoms with E-state index in [1.165, 1.54) is 0 Å². The predicted molar refractivity (Wildman–Crippen MR) is 141 cm³/mol. The van der Waals surface area contributed by atoms with Crippen molar-refractivity contribution in [1.29, 1.82) is 0 Å². The molecule has 5 heterocycles. The van der Waals surface area contributed by atoms with Crippen LogP contribution in [-0.4, -0.2) is 85.2 Å². The lowest BCUT2D eigenvalue weighted by molar-refractivity contribution is -0.123. The first-order valence-electron chi connectivity index (χ1n) is 13.1. The van der Waals surface area contributed by atoms with Crippen molar-refractivity contribution in [3.05, 3.63) is 35.9 Å². The van der Waals surface area contributed by atoms with Crippen LogP contribution in [0.5, 0.6) is 0 Å². The fourth-order valence-electron chi connectivity index (χ4n) is 5.37. The molecule has 2 saturated heterocycles. The number of ether oxygens (including phenoxy) is 1. The number of likely N-dealkylation sites (tertiary alicyclic amines) is 1. The molecule has 0 radical (unpaired) electrons. The summed E-state index contributed by atoms with van der Waals surface area (Å²) in [5, 5.41) is 0. The standard InChI is InChI=1S/C26H31N9O3/c1-3-19-28-17-6-4-5-7-18(17)35(19)26-30-22-20(23(31-26)33-12-14-38-15-13-33)29-24(32(22)2)25(37)34-10-8-16(9-11-34)21(27)36/h4-7,16H,3,8-15H2,1-2H3,(H2,27,36). The van der Waals surface area contributed by atoms with Crippen molar-refractivity contribution < 1.29 is 14.3 Å². The zero-order valence-electron chi connectivity index (χ0n) is 21.6. The van der Waals surface area contributed by atoms with E-state index in [4.69, 9.17) is 30.4 Å². The molecule has 2 aliphatic rings. The second kappa shape index (κ2) is 9.67. The number of piperidine rings is 1. The number of primary amides is 1. The third-order valence-electron chi connectivity index (χ3n) is 7.52. The van der Waals surface area contributed by atoms with Gasteiger partial charge < -0.3 is 24.8 Å². The van der Waals surface area contributed by atoms with Gasteiger partial charge >= 0.3 is 0 Å². The van der Waals surface area contributed by atoms with Gasteiger partial charge in [-0.2, -0.15) is 9.97 Å². The van der Waals surface area contributed by atoms with E-state index in [2.05, 4.69) is 11.8 Å². The molecule has 6 rings (SSSR count). The molecule has 0 saturated carbocycles. The second-order valence-corrected chi connectivity index (χ2v) is 9.79. The third kappa shape index (κ3) is 4.05. The van der Waals surface area contributed by atoms with E-state index in [0.29, 0.717) is 87.4 Å². The van der Waals surface area contributed by atoms with E-state index in [1.54, 1.807) is 9.47 Å². The van der Waals surface area contributed by atoms with Crippen molar-refractivity contribution in [2.24, 2.45) is 18.7 Å². The van der Waals surface area contributed by atoms with Crippen LogP contribution in [0.25, 0.3) is 28.1 Å². The summed E-state index contributed by atoms with van der Waals surface area (Å²) in [5.74, 6) is 1.63. The minimum absolute atomic E-state index is 0.190. The van der Waals surface area contributed by atoms with Crippen molar-refractivity contribution in [2.75, 3.05) is 44.3 Å². The molecule has 0 atom stereocenters. The van der Waals surface area contributed by atoms with Crippen LogP contribution >= 0.6 is 0 Å². The second-order valence-electron chi connectivity index (χ2n) is 9.79. The molecule has 0 spiro atoms. The van der Waals surface area contributed by atoms with Gasteiger partial charge in [0.25, 0.3) is 5.91 Å². The van der Waals surface area contributed by atoms with Crippen LogP contribution in [0, 0.1) is 5.92 Å². The average molecular weight is 518 g/mol. The Bertz CT molecular complexity index is 1530. The van der Waals surface area contributed by atoms with E-state index < -0.39 is 0 Å². The van der Waals surface area contributed by atoms with Gasteiger partial charge in [0.1, 0.15) is 5.82 Å². The highest BCUT2D eigenvalue weighted by Gasteiger charge is 2.31. The molecule has 2 fully saturated rings. The highest BCUT2D eigenvalue weighted by Crippen LogP contribution is 2.29. The zero-order chi connectivity index (χ0) is 26.4. The number of aromatic nitrogens is 6. The number of aryl methyl sites for hydroxylation is 2. The molecule has 1 aromatic carbocycles. The molecule has 38 heavy (non-hydrogen) atoms. The predicted octanol–water partition coefficient (Wildman–Crippen LogP) is 1.44. The first-order chi connectivity index (χ1) is 18.5. The van der Waals surface area contributed by atoms with Crippen molar-refractivity contribution >= 4 is 39.8 Å². The molecule has 12 heteroatoms. The van der Waals surface area contributed by atoms with Crippen molar-refractivity contribution in [2.45, 2.75) is 26.2 Å². The number of nitrogens with zero attached hydrogens (tertiary/aromatic N) is 8. The zero-order valence-corrected chi connectivity index (χ0v) is 21.6. The number of nitrogens with two attached hydrogens (primary N) is 1. The number of hydrogen-bond donors (Lipinski definition) is 1. The summed E-state index contributed by atoms with van der Waals surface area (Å²) in [6.45, 7) is 5.48. The average Bonchev–Trinajstić information content (AvgIpc) is 3.50. The van der Waals surface area contributed by atoms with Crippen LogP contribution in [0.3, 0.4) is 0 Å². The molecule has 3 aromatic heterocycles.